The summed E-state index contributed by atoms with van der Waals surface area (Å²) in [6.07, 6.45) is 0.795. The number of amides is 1. The standard InChI is InChI=1S/C12H16ClNO2/c1-3-10(14-12(15)8-13)9-6-4-5-7-11(9)16-2/h4-7,10H,3,8H2,1-2H3,(H,14,15). The van der Waals surface area contributed by atoms with Crippen LogP contribution < -0.4 is 10.1 Å². The van der Waals surface area contributed by atoms with Gasteiger partial charge in [-0.25, -0.2) is 0 Å². The van der Waals surface area contributed by atoms with Crippen molar-refractivity contribution in [2.45, 2.75) is 19.4 Å². The highest BCUT2D eigenvalue weighted by atomic mass is 35.5. The molecule has 0 fully saturated rings. The van der Waals surface area contributed by atoms with Gasteiger partial charge in [-0.1, -0.05) is 25.1 Å². The van der Waals surface area contributed by atoms with Gasteiger partial charge in [0.2, 0.25) is 5.91 Å². The molecule has 4 heteroatoms. The summed E-state index contributed by atoms with van der Waals surface area (Å²) in [6.45, 7) is 2.01. The van der Waals surface area contributed by atoms with E-state index in [0.717, 1.165) is 17.7 Å². The lowest BCUT2D eigenvalue weighted by molar-refractivity contribution is -0.119. The summed E-state index contributed by atoms with van der Waals surface area (Å²) in [7, 11) is 1.62. The Morgan fingerprint density at radius 3 is 2.75 bits per heavy atom. The average Bonchev–Trinajstić information content (AvgIpc) is 2.35. The molecule has 1 atom stereocenters. The minimum absolute atomic E-state index is 0.0222. The number of rotatable bonds is 5. The summed E-state index contributed by atoms with van der Waals surface area (Å²) in [5, 5.41) is 2.86. The van der Waals surface area contributed by atoms with Gasteiger partial charge in [-0.2, -0.15) is 0 Å². The van der Waals surface area contributed by atoms with Crippen molar-refractivity contribution in [1.29, 1.82) is 0 Å². The van der Waals surface area contributed by atoms with E-state index in [-0.39, 0.29) is 17.8 Å². The van der Waals surface area contributed by atoms with Crippen LogP contribution in [0.3, 0.4) is 0 Å². The lowest BCUT2D eigenvalue weighted by Gasteiger charge is -2.19. The number of ether oxygens (including phenoxy) is 1. The normalized spacial score (nSPS) is 11.9. The molecule has 0 heterocycles. The first-order valence-corrected chi connectivity index (χ1v) is 5.74. The molecule has 0 saturated carbocycles. The van der Waals surface area contributed by atoms with Gasteiger partial charge < -0.3 is 10.1 Å². The second kappa shape index (κ2) is 6.38. The molecule has 16 heavy (non-hydrogen) atoms. The number of methoxy groups -OCH3 is 1. The Labute approximate surface area is 101 Å². The van der Waals surface area contributed by atoms with E-state index in [9.17, 15) is 4.79 Å². The van der Waals surface area contributed by atoms with Gasteiger partial charge in [0.25, 0.3) is 0 Å². The number of carbonyl (C=O) groups is 1. The van der Waals surface area contributed by atoms with Crippen LogP contribution in [0.15, 0.2) is 24.3 Å². The van der Waals surface area contributed by atoms with Gasteiger partial charge in [-0.3, -0.25) is 4.79 Å². The fraction of sp³-hybridized carbons (Fsp3) is 0.417. The third kappa shape index (κ3) is 3.14. The fourth-order valence-electron chi connectivity index (χ4n) is 1.59. The Balaban J connectivity index is 2.89. The number of alkyl halides is 1. The van der Waals surface area contributed by atoms with Gasteiger partial charge >= 0.3 is 0 Å². The first-order chi connectivity index (χ1) is 7.72. The molecule has 88 valence electrons. The number of hydrogen-bond donors (Lipinski definition) is 1. The number of hydrogen-bond acceptors (Lipinski definition) is 2. The zero-order valence-corrected chi connectivity index (χ0v) is 10.3. The molecule has 1 unspecified atom stereocenters. The maximum absolute atomic E-state index is 11.3. The van der Waals surface area contributed by atoms with Crippen molar-refractivity contribution in [3.05, 3.63) is 29.8 Å². The zero-order chi connectivity index (χ0) is 12.0. The Morgan fingerprint density at radius 1 is 1.50 bits per heavy atom. The van der Waals surface area contributed by atoms with Crippen LogP contribution in [-0.2, 0) is 4.79 Å². The molecule has 0 aliphatic heterocycles. The Bertz CT molecular complexity index is 355. The minimum Gasteiger partial charge on any atom is -0.496 e. The van der Waals surface area contributed by atoms with E-state index in [2.05, 4.69) is 5.32 Å². The van der Waals surface area contributed by atoms with Crippen molar-refractivity contribution in [3.8, 4) is 5.75 Å². The van der Waals surface area contributed by atoms with Crippen LogP contribution in [0.5, 0.6) is 5.75 Å². The van der Waals surface area contributed by atoms with Crippen molar-refractivity contribution in [1.82, 2.24) is 5.32 Å². The quantitative estimate of drug-likeness (QED) is 0.805. The van der Waals surface area contributed by atoms with Gasteiger partial charge in [-0.15, -0.1) is 11.6 Å². The van der Waals surface area contributed by atoms with Crippen LogP contribution in [0.4, 0.5) is 0 Å². The second-order valence-electron chi connectivity index (χ2n) is 3.40. The molecule has 1 amide bonds. The first-order valence-electron chi connectivity index (χ1n) is 5.21. The molecule has 1 aromatic carbocycles. The summed E-state index contributed by atoms with van der Waals surface area (Å²) >= 11 is 5.47. The summed E-state index contributed by atoms with van der Waals surface area (Å²) < 4.78 is 5.26. The molecule has 0 spiro atoms. The lowest BCUT2D eigenvalue weighted by Crippen LogP contribution is -2.29. The zero-order valence-electron chi connectivity index (χ0n) is 9.50. The number of halogens is 1. The molecule has 0 aliphatic carbocycles. The summed E-state index contributed by atoms with van der Waals surface area (Å²) in [5.41, 5.74) is 0.978. The SMILES string of the molecule is CCC(NC(=O)CCl)c1ccccc1OC. The van der Waals surface area contributed by atoms with Crippen molar-refractivity contribution >= 4 is 17.5 Å². The third-order valence-corrected chi connectivity index (χ3v) is 2.62. The summed E-state index contributed by atoms with van der Waals surface area (Å²) in [6, 6.07) is 7.60. The van der Waals surface area contributed by atoms with E-state index in [1.54, 1.807) is 7.11 Å². The summed E-state index contributed by atoms with van der Waals surface area (Å²) in [4.78, 5) is 11.3. The van der Waals surface area contributed by atoms with E-state index < -0.39 is 0 Å². The van der Waals surface area contributed by atoms with Crippen LogP contribution in [-0.4, -0.2) is 18.9 Å². The largest absolute Gasteiger partial charge is 0.496 e. The number of carbonyl (C=O) groups excluding carboxylic acids is 1. The van der Waals surface area contributed by atoms with Crippen molar-refractivity contribution in [2.24, 2.45) is 0 Å². The Morgan fingerprint density at radius 2 is 2.19 bits per heavy atom. The molecular weight excluding hydrogens is 226 g/mol. The van der Waals surface area contributed by atoms with E-state index in [1.807, 2.05) is 31.2 Å². The van der Waals surface area contributed by atoms with Crippen molar-refractivity contribution < 1.29 is 9.53 Å². The molecular formula is C12H16ClNO2. The fourth-order valence-corrected chi connectivity index (χ4v) is 1.66. The van der Waals surface area contributed by atoms with Crippen LogP contribution in [0.1, 0.15) is 24.9 Å². The number of para-hydroxylation sites is 1. The van der Waals surface area contributed by atoms with E-state index in [0.29, 0.717) is 0 Å². The summed E-state index contributed by atoms with van der Waals surface area (Å²) in [5.74, 6) is 0.592. The molecule has 0 aromatic heterocycles. The predicted octanol–water partition coefficient (Wildman–Crippen LogP) is 2.50. The maximum atomic E-state index is 11.3. The van der Waals surface area contributed by atoms with E-state index >= 15 is 0 Å². The predicted molar refractivity (Wildman–Crippen MR) is 64.9 cm³/mol. The molecule has 0 aliphatic rings. The highest BCUT2D eigenvalue weighted by Gasteiger charge is 2.15. The van der Waals surface area contributed by atoms with Crippen LogP contribution >= 0.6 is 11.6 Å². The molecule has 0 bridgehead atoms. The van der Waals surface area contributed by atoms with Gasteiger partial charge in [0.15, 0.2) is 0 Å². The molecule has 0 radical (unpaired) electrons. The second-order valence-corrected chi connectivity index (χ2v) is 3.67. The molecule has 1 N–H and O–H groups in total. The van der Waals surface area contributed by atoms with Crippen molar-refractivity contribution in [3.63, 3.8) is 0 Å². The monoisotopic (exact) mass is 241 g/mol. The molecule has 1 rings (SSSR count). The highest BCUT2D eigenvalue weighted by molar-refractivity contribution is 6.27. The van der Waals surface area contributed by atoms with Gasteiger partial charge in [-0.05, 0) is 12.5 Å². The van der Waals surface area contributed by atoms with Gasteiger partial charge in [0.1, 0.15) is 11.6 Å². The highest BCUT2D eigenvalue weighted by Crippen LogP contribution is 2.26. The van der Waals surface area contributed by atoms with Gasteiger partial charge in [0, 0.05) is 5.56 Å². The molecule has 0 saturated heterocycles. The Hall–Kier alpha value is -1.22. The molecule has 3 nitrogen and oxygen atoms in total. The maximum Gasteiger partial charge on any atom is 0.235 e. The smallest absolute Gasteiger partial charge is 0.235 e. The van der Waals surface area contributed by atoms with Crippen molar-refractivity contribution in [2.75, 3.05) is 13.0 Å². The third-order valence-electron chi connectivity index (χ3n) is 2.38. The first kappa shape index (κ1) is 12.8. The number of benzene rings is 1. The van der Waals surface area contributed by atoms with Crippen LogP contribution in [0, 0.1) is 0 Å². The minimum atomic E-state index is -0.167. The lowest BCUT2D eigenvalue weighted by atomic mass is 10.0. The topological polar surface area (TPSA) is 38.3 Å². The number of nitrogens with one attached hydrogen (secondary N) is 1. The van der Waals surface area contributed by atoms with Gasteiger partial charge in [0.05, 0.1) is 13.2 Å². The van der Waals surface area contributed by atoms with Crippen LogP contribution in [0.25, 0.3) is 0 Å². The Kier molecular flexibility index (Phi) is 5.12. The molecule has 1 aromatic rings. The van der Waals surface area contributed by atoms with Crippen LogP contribution in [0.2, 0.25) is 0 Å². The van der Waals surface area contributed by atoms with E-state index in [4.69, 9.17) is 16.3 Å². The van der Waals surface area contributed by atoms with E-state index in [1.165, 1.54) is 0 Å². The average molecular weight is 242 g/mol.